The summed E-state index contributed by atoms with van der Waals surface area (Å²) in [6, 6.07) is 9.61. The normalized spacial score (nSPS) is 12.6. The van der Waals surface area contributed by atoms with Crippen molar-refractivity contribution in [1.82, 2.24) is 14.5 Å². The molecule has 0 radical (unpaired) electrons. The van der Waals surface area contributed by atoms with Crippen LogP contribution < -0.4 is 5.73 Å². The lowest BCUT2D eigenvalue weighted by Gasteiger charge is -2.12. The lowest BCUT2D eigenvalue weighted by Crippen LogP contribution is -2.11. The lowest BCUT2D eigenvalue weighted by molar-refractivity contribution is 0.584. The fourth-order valence-corrected chi connectivity index (χ4v) is 4.01. The quantitative estimate of drug-likeness (QED) is 0.698. The van der Waals surface area contributed by atoms with Gasteiger partial charge in [-0.2, -0.15) is 0 Å². The predicted molar refractivity (Wildman–Crippen MR) is 98.4 cm³/mol. The van der Waals surface area contributed by atoms with Gasteiger partial charge in [0, 0.05) is 25.6 Å². The molecule has 0 aliphatic rings. The van der Waals surface area contributed by atoms with E-state index in [9.17, 15) is 4.55 Å². The van der Waals surface area contributed by atoms with Gasteiger partial charge >= 0.3 is 0 Å². The second kappa shape index (κ2) is 7.23. The highest BCUT2D eigenvalue weighted by atomic mass is 32.2. The third kappa shape index (κ3) is 3.25. The molecule has 1 unspecified atom stereocenters. The van der Waals surface area contributed by atoms with Crippen LogP contribution in [-0.2, 0) is 24.1 Å². The molecule has 0 aliphatic carbocycles. The van der Waals surface area contributed by atoms with Gasteiger partial charge in [-0.1, -0.05) is 25.1 Å². The maximum absolute atomic E-state index is 12.4. The average molecular weight is 342 g/mol. The van der Waals surface area contributed by atoms with E-state index in [1.54, 1.807) is 6.20 Å². The maximum Gasteiger partial charge on any atom is 0.152 e. The molecular weight excluding hydrogens is 320 g/mol. The van der Waals surface area contributed by atoms with Crippen LogP contribution in [0, 0.1) is 6.92 Å². The van der Waals surface area contributed by atoms with E-state index in [-0.39, 0.29) is 0 Å². The number of imidazole rings is 1. The van der Waals surface area contributed by atoms with Crippen LogP contribution in [0.1, 0.15) is 24.7 Å². The first-order valence-electron chi connectivity index (χ1n) is 8.15. The molecule has 3 aromatic rings. The summed E-state index contributed by atoms with van der Waals surface area (Å²) in [7, 11) is 0. The fourth-order valence-electron chi connectivity index (χ4n) is 2.92. The highest BCUT2D eigenvalue weighted by Crippen LogP contribution is 2.24. The summed E-state index contributed by atoms with van der Waals surface area (Å²) in [4.78, 5) is 9.73. The highest BCUT2D eigenvalue weighted by molar-refractivity contribution is 7.91. The largest absolute Gasteiger partial charge is 0.611 e. The van der Waals surface area contributed by atoms with Crippen molar-refractivity contribution >= 4 is 28.0 Å². The molecule has 0 aliphatic heterocycles. The van der Waals surface area contributed by atoms with E-state index in [2.05, 4.69) is 21.5 Å². The molecular formula is C18H22N4OS. The monoisotopic (exact) mass is 342 g/mol. The van der Waals surface area contributed by atoms with Crippen molar-refractivity contribution in [2.75, 3.05) is 11.5 Å². The van der Waals surface area contributed by atoms with Gasteiger partial charge < -0.3 is 14.9 Å². The van der Waals surface area contributed by atoms with E-state index in [4.69, 9.17) is 5.73 Å². The number of nitrogen functional groups attached to an aromatic ring is 1. The number of nitrogens with zero attached hydrogens (tertiary/aromatic N) is 3. The van der Waals surface area contributed by atoms with Crippen molar-refractivity contribution in [3.8, 4) is 0 Å². The minimum atomic E-state index is -0.968. The molecule has 24 heavy (non-hydrogen) atoms. The van der Waals surface area contributed by atoms with E-state index in [0.717, 1.165) is 46.7 Å². The van der Waals surface area contributed by atoms with Crippen molar-refractivity contribution < 1.29 is 4.55 Å². The summed E-state index contributed by atoms with van der Waals surface area (Å²) in [6.07, 6.45) is 3.44. The molecule has 0 spiro atoms. The number of benzene rings is 1. The van der Waals surface area contributed by atoms with Crippen molar-refractivity contribution in [1.29, 1.82) is 0 Å². The van der Waals surface area contributed by atoms with E-state index in [1.807, 2.05) is 37.3 Å². The first-order valence-corrected chi connectivity index (χ1v) is 9.47. The summed E-state index contributed by atoms with van der Waals surface area (Å²) in [6.45, 7) is 4.88. The van der Waals surface area contributed by atoms with Gasteiger partial charge in [-0.05, 0) is 35.8 Å². The Labute approximate surface area is 145 Å². The summed E-state index contributed by atoms with van der Waals surface area (Å²) in [5.74, 6) is 2.10. The molecule has 0 saturated carbocycles. The smallest absolute Gasteiger partial charge is 0.152 e. The zero-order chi connectivity index (χ0) is 17.1. The Balaban J connectivity index is 1.79. The minimum Gasteiger partial charge on any atom is -0.611 e. The topological polar surface area (TPSA) is 79.8 Å². The average Bonchev–Trinajstić information content (AvgIpc) is 2.99. The van der Waals surface area contributed by atoms with Crippen LogP contribution in [0.3, 0.4) is 0 Å². The number of aromatic nitrogens is 3. The molecule has 2 N–H and O–H groups in total. The van der Waals surface area contributed by atoms with Gasteiger partial charge in [0.15, 0.2) is 10.7 Å². The third-order valence-corrected chi connectivity index (χ3v) is 5.55. The molecule has 2 heterocycles. The number of fused-ring (bicyclic) bond motifs is 1. The summed E-state index contributed by atoms with van der Waals surface area (Å²) < 4.78 is 14.6. The van der Waals surface area contributed by atoms with Crippen LogP contribution in [0.5, 0.6) is 0 Å². The third-order valence-electron chi connectivity index (χ3n) is 4.09. The number of hydrogen-bond donors (Lipinski definition) is 1. The first-order chi connectivity index (χ1) is 11.6. The van der Waals surface area contributed by atoms with Crippen molar-refractivity contribution in [2.24, 2.45) is 0 Å². The molecule has 126 valence electrons. The fraction of sp³-hybridized carbons (Fsp3) is 0.333. The molecule has 0 saturated heterocycles. The number of hydrogen-bond acceptors (Lipinski definition) is 4. The second-order valence-corrected chi connectivity index (χ2v) is 7.34. The van der Waals surface area contributed by atoms with Crippen molar-refractivity contribution in [2.45, 2.75) is 38.1 Å². The van der Waals surface area contributed by atoms with Crippen molar-refractivity contribution in [3.63, 3.8) is 0 Å². The van der Waals surface area contributed by atoms with Crippen molar-refractivity contribution in [3.05, 3.63) is 47.9 Å². The molecule has 2 aromatic heterocycles. The first kappa shape index (κ1) is 16.8. The zero-order valence-corrected chi connectivity index (χ0v) is 14.8. The van der Waals surface area contributed by atoms with Gasteiger partial charge in [0.1, 0.15) is 17.1 Å². The summed E-state index contributed by atoms with van der Waals surface area (Å²) in [5, 5.41) is 0. The lowest BCUT2D eigenvalue weighted by atomic mass is 10.2. The van der Waals surface area contributed by atoms with E-state index < -0.39 is 11.2 Å². The van der Waals surface area contributed by atoms with Crippen LogP contribution in [0.4, 0.5) is 5.82 Å². The van der Waals surface area contributed by atoms with Gasteiger partial charge in [-0.3, -0.25) is 0 Å². The minimum absolute atomic E-state index is 0.469. The molecule has 1 atom stereocenters. The molecule has 5 nitrogen and oxygen atoms in total. The molecule has 0 amide bonds. The Bertz CT molecular complexity index is 832. The van der Waals surface area contributed by atoms with E-state index >= 15 is 0 Å². The van der Waals surface area contributed by atoms with Gasteiger partial charge in [-0.25, -0.2) is 9.97 Å². The highest BCUT2D eigenvalue weighted by Gasteiger charge is 2.16. The van der Waals surface area contributed by atoms with Gasteiger partial charge in [0.05, 0.1) is 5.52 Å². The van der Waals surface area contributed by atoms with Crippen LogP contribution in [0.2, 0.25) is 0 Å². The van der Waals surface area contributed by atoms with Crippen LogP contribution in [0.25, 0.3) is 11.0 Å². The van der Waals surface area contributed by atoms with Gasteiger partial charge in [0.25, 0.3) is 0 Å². The molecule has 0 bridgehead atoms. The van der Waals surface area contributed by atoms with Crippen LogP contribution in [-0.4, -0.2) is 24.8 Å². The number of pyridine rings is 1. The maximum atomic E-state index is 12.4. The number of aryl methyl sites for hydroxylation is 3. The Morgan fingerprint density at radius 2 is 2.00 bits per heavy atom. The van der Waals surface area contributed by atoms with Gasteiger partial charge in [-0.15, -0.1) is 0 Å². The van der Waals surface area contributed by atoms with E-state index in [1.165, 1.54) is 0 Å². The predicted octanol–water partition coefficient (Wildman–Crippen LogP) is 3.08. The Hall–Kier alpha value is -2.05. The van der Waals surface area contributed by atoms with Gasteiger partial charge in [0.2, 0.25) is 0 Å². The zero-order valence-electron chi connectivity index (χ0n) is 14.0. The number of nitrogens with two attached hydrogens (primary N) is 1. The Morgan fingerprint density at radius 1 is 1.25 bits per heavy atom. The van der Waals surface area contributed by atoms with Crippen LogP contribution in [0.15, 0.2) is 41.4 Å². The standard InChI is InChI=1S/C18H22N4OS/c1-3-15-21-16-17(13(2)12-20-18(16)19)22(15)10-7-11-24(23)14-8-5-4-6-9-14/h4-6,8-9,12H,3,7,10-11H2,1-2H3,(H2,19,20). The molecule has 1 aromatic carbocycles. The Morgan fingerprint density at radius 3 is 2.71 bits per heavy atom. The number of anilines is 1. The summed E-state index contributed by atoms with van der Waals surface area (Å²) >= 11 is -0.968. The SMILES string of the molecule is CCc1nc2c(N)ncc(C)c2n1CCC[S+]([O-])c1ccccc1. The number of rotatable bonds is 6. The molecule has 0 fully saturated rings. The van der Waals surface area contributed by atoms with Crippen LogP contribution >= 0.6 is 0 Å². The molecule has 6 heteroatoms. The summed E-state index contributed by atoms with van der Waals surface area (Å²) in [5.41, 5.74) is 8.86. The molecule has 3 rings (SSSR count). The van der Waals surface area contributed by atoms with E-state index in [0.29, 0.717) is 11.6 Å². The Kier molecular flexibility index (Phi) is 5.06. The second-order valence-electron chi connectivity index (χ2n) is 5.77.